The van der Waals surface area contributed by atoms with Gasteiger partial charge in [-0.1, -0.05) is 30.3 Å². The number of aryl methyl sites for hydroxylation is 2. The Morgan fingerprint density at radius 3 is 2.61 bits per heavy atom. The van der Waals surface area contributed by atoms with Gasteiger partial charge in [-0.25, -0.2) is 4.98 Å². The highest BCUT2D eigenvalue weighted by molar-refractivity contribution is 5.87. The smallest absolute Gasteiger partial charge is 0.239 e. The maximum atomic E-state index is 12.2. The standard InChI is InChI=1S/C28H32N8O2/c1-17-6-5-7-21-14-23(26(34-25(17)21)36-13-12-29-24(37)16-36)18(2)31-28-33-19(3)32-27(35-28)30-15-20-8-10-22(38-4)11-9-20/h5-11,14,18H,12-13,15-16H2,1-4H3,(H,29,37)(H2,30,31,32,33,35). The molecule has 1 aliphatic rings. The van der Waals surface area contributed by atoms with Crippen molar-refractivity contribution in [2.75, 3.05) is 42.3 Å². The van der Waals surface area contributed by atoms with Crippen molar-refractivity contribution in [3.63, 3.8) is 0 Å². The lowest BCUT2D eigenvalue weighted by molar-refractivity contribution is -0.120. The third-order valence-electron chi connectivity index (χ3n) is 6.56. The number of pyridine rings is 1. The predicted molar refractivity (Wildman–Crippen MR) is 149 cm³/mol. The molecular formula is C28H32N8O2. The predicted octanol–water partition coefficient (Wildman–Crippen LogP) is 3.77. The number of hydrogen-bond acceptors (Lipinski definition) is 9. The minimum Gasteiger partial charge on any atom is -0.497 e. The number of para-hydroxylation sites is 1. The Balaban J connectivity index is 1.40. The van der Waals surface area contributed by atoms with Crippen LogP contribution in [0.2, 0.25) is 0 Å². The number of carbonyl (C=O) groups excluding carboxylic acids is 1. The highest BCUT2D eigenvalue weighted by Crippen LogP contribution is 2.31. The first-order chi connectivity index (χ1) is 18.4. The van der Waals surface area contributed by atoms with Crippen LogP contribution in [0.15, 0.2) is 48.5 Å². The zero-order chi connectivity index (χ0) is 26.6. The van der Waals surface area contributed by atoms with Crippen molar-refractivity contribution in [1.29, 1.82) is 0 Å². The number of nitrogens with zero attached hydrogens (tertiary/aromatic N) is 5. The molecule has 1 fully saturated rings. The van der Waals surface area contributed by atoms with E-state index in [1.54, 1.807) is 7.11 Å². The molecule has 10 nitrogen and oxygen atoms in total. The van der Waals surface area contributed by atoms with Crippen LogP contribution in [-0.4, -0.2) is 52.6 Å². The van der Waals surface area contributed by atoms with E-state index in [1.165, 1.54) is 0 Å². The van der Waals surface area contributed by atoms with E-state index in [0.717, 1.165) is 39.2 Å². The molecule has 0 saturated carbocycles. The molecule has 38 heavy (non-hydrogen) atoms. The average Bonchev–Trinajstić information content (AvgIpc) is 2.91. The van der Waals surface area contributed by atoms with E-state index in [1.807, 2.05) is 42.2 Å². The lowest BCUT2D eigenvalue weighted by Crippen LogP contribution is -2.48. The molecule has 1 atom stereocenters. The van der Waals surface area contributed by atoms with E-state index < -0.39 is 0 Å². The van der Waals surface area contributed by atoms with Crippen LogP contribution in [0.3, 0.4) is 0 Å². The Morgan fingerprint density at radius 2 is 1.84 bits per heavy atom. The zero-order valence-electron chi connectivity index (χ0n) is 22.1. The van der Waals surface area contributed by atoms with Crippen LogP contribution in [-0.2, 0) is 11.3 Å². The molecule has 1 aliphatic heterocycles. The Labute approximate surface area is 221 Å². The van der Waals surface area contributed by atoms with Gasteiger partial charge in [0.2, 0.25) is 17.8 Å². The summed E-state index contributed by atoms with van der Waals surface area (Å²) in [6.45, 7) is 8.07. The van der Waals surface area contributed by atoms with Gasteiger partial charge in [0.25, 0.3) is 0 Å². The molecule has 3 N–H and O–H groups in total. The summed E-state index contributed by atoms with van der Waals surface area (Å²) < 4.78 is 5.23. The van der Waals surface area contributed by atoms with Crippen molar-refractivity contribution in [1.82, 2.24) is 25.3 Å². The molecule has 2 aromatic carbocycles. The van der Waals surface area contributed by atoms with Crippen LogP contribution in [0.25, 0.3) is 10.9 Å². The lowest BCUT2D eigenvalue weighted by Gasteiger charge is -2.31. The first kappa shape index (κ1) is 25.2. The fraction of sp³-hybridized carbons (Fsp3) is 0.321. The third-order valence-corrected chi connectivity index (χ3v) is 6.56. The second kappa shape index (κ2) is 10.9. The Bertz CT molecular complexity index is 1460. The first-order valence-electron chi connectivity index (χ1n) is 12.7. The van der Waals surface area contributed by atoms with Gasteiger partial charge in [-0.05, 0) is 50.1 Å². The van der Waals surface area contributed by atoms with Crippen molar-refractivity contribution in [3.8, 4) is 5.75 Å². The van der Waals surface area contributed by atoms with Gasteiger partial charge in [-0.3, -0.25) is 4.79 Å². The highest BCUT2D eigenvalue weighted by Gasteiger charge is 2.24. The second-order valence-corrected chi connectivity index (χ2v) is 9.42. The number of carbonyl (C=O) groups is 1. The molecule has 5 rings (SSSR count). The van der Waals surface area contributed by atoms with Crippen LogP contribution in [0, 0.1) is 13.8 Å². The van der Waals surface area contributed by atoms with Gasteiger partial charge in [0, 0.05) is 30.6 Å². The van der Waals surface area contributed by atoms with Gasteiger partial charge >= 0.3 is 0 Å². The number of rotatable bonds is 8. The molecule has 0 bridgehead atoms. The van der Waals surface area contributed by atoms with E-state index >= 15 is 0 Å². The minimum absolute atomic E-state index is 0.00448. The number of hydrogen-bond donors (Lipinski definition) is 3. The molecule has 10 heteroatoms. The molecule has 1 amide bonds. The molecule has 1 saturated heterocycles. The lowest BCUT2D eigenvalue weighted by atomic mass is 10.0. The molecule has 1 unspecified atom stereocenters. The van der Waals surface area contributed by atoms with Gasteiger partial charge in [0.15, 0.2) is 0 Å². The highest BCUT2D eigenvalue weighted by atomic mass is 16.5. The van der Waals surface area contributed by atoms with Crippen molar-refractivity contribution in [2.45, 2.75) is 33.4 Å². The Morgan fingerprint density at radius 1 is 1.05 bits per heavy atom. The Kier molecular flexibility index (Phi) is 7.21. The quantitative estimate of drug-likeness (QED) is 0.324. The van der Waals surface area contributed by atoms with E-state index in [2.05, 4.69) is 62.9 Å². The number of fused-ring (bicyclic) bond motifs is 1. The van der Waals surface area contributed by atoms with E-state index in [9.17, 15) is 4.79 Å². The number of amides is 1. The summed E-state index contributed by atoms with van der Waals surface area (Å²) in [5.41, 5.74) is 4.09. The maximum absolute atomic E-state index is 12.2. The normalized spacial score (nSPS) is 14.2. The molecular weight excluding hydrogens is 480 g/mol. The van der Waals surface area contributed by atoms with Crippen LogP contribution >= 0.6 is 0 Å². The minimum atomic E-state index is -0.177. The maximum Gasteiger partial charge on any atom is 0.239 e. The number of piperazine rings is 1. The van der Waals surface area contributed by atoms with Crippen LogP contribution in [0.1, 0.15) is 35.5 Å². The number of ether oxygens (including phenoxy) is 1. The second-order valence-electron chi connectivity index (χ2n) is 9.42. The van der Waals surface area contributed by atoms with Crippen molar-refractivity contribution < 1.29 is 9.53 Å². The molecule has 0 spiro atoms. The molecule has 3 heterocycles. The van der Waals surface area contributed by atoms with Gasteiger partial charge in [-0.2, -0.15) is 15.0 Å². The van der Waals surface area contributed by atoms with Crippen LogP contribution in [0.4, 0.5) is 17.7 Å². The average molecular weight is 513 g/mol. The molecule has 0 radical (unpaired) electrons. The summed E-state index contributed by atoms with van der Waals surface area (Å²) in [5.74, 6) is 3.16. The van der Waals surface area contributed by atoms with Crippen LogP contribution in [0.5, 0.6) is 5.75 Å². The van der Waals surface area contributed by atoms with E-state index in [-0.39, 0.29) is 18.5 Å². The SMILES string of the molecule is COc1ccc(CNc2nc(C)nc(NC(C)c3cc4cccc(C)c4nc3N3CCNC(=O)C3)n2)cc1. The molecule has 196 valence electrons. The number of benzene rings is 2. The van der Waals surface area contributed by atoms with E-state index in [0.29, 0.717) is 37.4 Å². The topological polar surface area (TPSA) is 117 Å². The molecule has 2 aromatic heterocycles. The number of anilines is 3. The molecule has 0 aliphatic carbocycles. The summed E-state index contributed by atoms with van der Waals surface area (Å²) in [5, 5.41) is 10.7. The number of nitrogens with one attached hydrogen (secondary N) is 3. The fourth-order valence-electron chi connectivity index (χ4n) is 4.57. The van der Waals surface area contributed by atoms with Crippen molar-refractivity contribution in [2.24, 2.45) is 0 Å². The molecule has 4 aromatic rings. The monoisotopic (exact) mass is 512 g/mol. The van der Waals surface area contributed by atoms with Gasteiger partial charge in [0.1, 0.15) is 17.4 Å². The number of aromatic nitrogens is 4. The third kappa shape index (κ3) is 5.59. The van der Waals surface area contributed by atoms with Gasteiger partial charge < -0.3 is 25.6 Å². The van der Waals surface area contributed by atoms with Gasteiger partial charge in [0.05, 0.1) is 25.2 Å². The van der Waals surface area contributed by atoms with Crippen molar-refractivity contribution in [3.05, 3.63) is 71.0 Å². The number of methoxy groups -OCH3 is 1. The fourth-order valence-corrected chi connectivity index (χ4v) is 4.57. The van der Waals surface area contributed by atoms with Crippen molar-refractivity contribution >= 4 is 34.5 Å². The summed E-state index contributed by atoms with van der Waals surface area (Å²) in [7, 11) is 1.65. The Hall–Kier alpha value is -4.47. The van der Waals surface area contributed by atoms with Gasteiger partial charge in [-0.15, -0.1) is 0 Å². The first-order valence-corrected chi connectivity index (χ1v) is 12.7. The summed E-state index contributed by atoms with van der Waals surface area (Å²) in [6, 6.07) is 16.0. The summed E-state index contributed by atoms with van der Waals surface area (Å²) in [4.78, 5) is 32.8. The summed E-state index contributed by atoms with van der Waals surface area (Å²) >= 11 is 0. The summed E-state index contributed by atoms with van der Waals surface area (Å²) in [6.07, 6.45) is 0. The zero-order valence-corrected chi connectivity index (χ0v) is 22.1. The van der Waals surface area contributed by atoms with E-state index in [4.69, 9.17) is 9.72 Å². The largest absolute Gasteiger partial charge is 0.497 e. The van der Waals surface area contributed by atoms with Crippen LogP contribution < -0.4 is 25.6 Å².